The van der Waals surface area contributed by atoms with Gasteiger partial charge in [0, 0.05) is 40.8 Å². The molecule has 5 heteroatoms. The standard InChI is InChI=1S/C18H27FN4/c1-20-17(23-10-9-18(13-23)7-4-8-18)21-12-14-5-6-16(22(2)3)15(19)11-14/h5-6,11H,4,7-10,12-13H2,1-3H3,(H,20,21). The van der Waals surface area contributed by atoms with Crippen molar-refractivity contribution in [1.82, 2.24) is 10.2 Å². The third-order valence-corrected chi connectivity index (χ3v) is 5.31. The molecule has 0 atom stereocenters. The Morgan fingerprint density at radius 3 is 2.65 bits per heavy atom. The van der Waals surface area contributed by atoms with Crippen LogP contribution in [0.3, 0.4) is 0 Å². The molecule has 0 unspecified atom stereocenters. The Bertz CT molecular complexity index is 593. The van der Waals surface area contributed by atoms with Crippen molar-refractivity contribution in [2.75, 3.05) is 39.1 Å². The average molecular weight is 318 g/mol. The molecule has 1 aromatic rings. The molecule has 1 aliphatic heterocycles. The number of aliphatic imine (C=N–C) groups is 1. The third-order valence-electron chi connectivity index (χ3n) is 5.31. The van der Waals surface area contributed by atoms with Crippen molar-refractivity contribution < 1.29 is 4.39 Å². The van der Waals surface area contributed by atoms with E-state index in [1.54, 1.807) is 11.0 Å². The summed E-state index contributed by atoms with van der Waals surface area (Å²) in [6.07, 6.45) is 5.37. The van der Waals surface area contributed by atoms with Crippen LogP contribution in [0.2, 0.25) is 0 Å². The molecule has 2 aliphatic rings. The summed E-state index contributed by atoms with van der Waals surface area (Å²) in [5.74, 6) is 0.754. The Morgan fingerprint density at radius 1 is 1.35 bits per heavy atom. The van der Waals surface area contributed by atoms with Crippen LogP contribution in [0.1, 0.15) is 31.2 Å². The summed E-state index contributed by atoms with van der Waals surface area (Å²) in [5, 5.41) is 3.39. The van der Waals surface area contributed by atoms with Crippen molar-refractivity contribution in [2.24, 2.45) is 10.4 Å². The molecule has 0 bridgehead atoms. The number of hydrogen-bond donors (Lipinski definition) is 1. The first-order chi connectivity index (χ1) is 11.0. The maximum Gasteiger partial charge on any atom is 0.193 e. The van der Waals surface area contributed by atoms with Gasteiger partial charge in [-0.2, -0.15) is 0 Å². The molecule has 23 heavy (non-hydrogen) atoms. The molecule has 1 heterocycles. The number of nitrogens with one attached hydrogen (secondary N) is 1. The molecule has 1 spiro atoms. The molecule has 1 aromatic carbocycles. The summed E-state index contributed by atoms with van der Waals surface area (Å²) in [7, 11) is 5.52. The number of likely N-dealkylation sites (tertiary alicyclic amines) is 1. The van der Waals surface area contributed by atoms with Crippen LogP contribution in [-0.2, 0) is 6.54 Å². The lowest BCUT2D eigenvalue weighted by atomic mass is 9.68. The van der Waals surface area contributed by atoms with E-state index < -0.39 is 0 Å². The lowest BCUT2D eigenvalue weighted by molar-refractivity contribution is 0.151. The minimum Gasteiger partial charge on any atom is -0.375 e. The second kappa shape index (κ2) is 6.38. The van der Waals surface area contributed by atoms with E-state index in [2.05, 4.69) is 15.2 Å². The maximum absolute atomic E-state index is 14.1. The monoisotopic (exact) mass is 318 g/mol. The van der Waals surface area contributed by atoms with Crippen LogP contribution < -0.4 is 10.2 Å². The Balaban J connectivity index is 1.59. The molecule has 0 amide bonds. The van der Waals surface area contributed by atoms with E-state index in [4.69, 9.17) is 0 Å². The Kier molecular flexibility index (Phi) is 4.46. The molecular formula is C18H27FN4. The van der Waals surface area contributed by atoms with E-state index in [9.17, 15) is 4.39 Å². The first-order valence-corrected chi connectivity index (χ1v) is 8.44. The first kappa shape index (κ1) is 16.1. The molecule has 1 aliphatic carbocycles. The zero-order valence-electron chi connectivity index (χ0n) is 14.4. The number of anilines is 1. The molecule has 126 valence electrons. The molecular weight excluding hydrogens is 291 g/mol. The van der Waals surface area contributed by atoms with Crippen LogP contribution in [-0.4, -0.2) is 45.1 Å². The highest BCUT2D eigenvalue weighted by atomic mass is 19.1. The molecule has 1 saturated carbocycles. The zero-order chi connectivity index (χ0) is 16.4. The van der Waals surface area contributed by atoms with E-state index in [1.165, 1.54) is 25.7 Å². The third kappa shape index (κ3) is 3.28. The summed E-state index contributed by atoms with van der Waals surface area (Å²) in [6, 6.07) is 5.40. The van der Waals surface area contributed by atoms with Gasteiger partial charge in [-0.3, -0.25) is 4.99 Å². The van der Waals surface area contributed by atoms with Crippen LogP contribution in [0.5, 0.6) is 0 Å². The fraction of sp³-hybridized carbons (Fsp3) is 0.611. The fourth-order valence-electron chi connectivity index (χ4n) is 3.74. The predicted octanol–water partition coefficient (Wildman–Crippen LogP) is 2.84. The molecule has 1 N–H and O–H groups in total. The minimum atomic E-state index is -0.182. The van der Waals surface area contributed by atoms with Crippen LogP contribution in [0.15, 0.2) is 23.2 Å². The second-order valence-corrected chi connectivity index (χ2v) is 7.11. The Hall–Kier alpha value is -1.78. The van der Waals surface area contributed by atoms with Crippen molar-refractivity contribution in [3.05, 3.63) is 29.6 Å². The van der Waals surface area contributed by atoms with Gasteiger partial charge in [-0.05, 0) is 42.4 Å². The predicted molar refractivity (Wildman–Crippen MR) is 93.4 cm³/mol. The van der Waals surface area contributed by atoms with Gasteiger partial charge in [0.15, 0.2) is 5.96 Å². The van der Waals surface area contributed by atoms with Gasteiger partial charge >= 0.3 is 0 Å². The minimum absolute atomic E-state index is 0.182. The van der Waals surface area contributed by atoms with Crippen LogP contribution in [0.4, 0.5) is 10.1 Å². The quantitative estimate of drug-likeness (QED) is 0.687. The van der Waals surface area contributed by atoms with Gasteiger partial charge in [0.2, 0.25) is 0 Å². The molecule has 0 aromatic heterocycles. The number of hydrogen-bond acceptors (Lipinski definition) is 2. The zero-order valence-corrected chi connectivity index (χ0v) is 14.4. The van der Waals surface area contributed by atoms with Gasteiger partial charge in [0.25, 0.3) is 0 Å². The van der Waals surface area contributed by atoms with E-state index in [0.717, 1.165) is 24.6 Å². The van der Waals surface area contributed by atoms with Crippen LogP contribution in [0.25, 0.3) is 0 Å². The van der Waals surface area contributed by atoms with Crippen LogP contribution >= 0.6 is 0 Å². The number of halogens is 1. The van der Waals surface area contributed by atoms with Gasteiger partial charge in [-0.25, -0.2) is 4.39 Å². The first-order valence-electron chi connectivity index (χ1n) is 8.44. The summed E-state index contributed by atoms with van der Waals surface area (Å²) in [4.78, 5) is 8.54. The summed E-state index contributed by atoms with van der Waals surface area (Å²) >= 11 is 0. The summed E-state index contributed by atoms with van der Waals surface area (Å²) in [5.41, 5.74) is 2.10. The van der Waals surface area contributed by atoms with E-state index >= 15 is 0 Å². The van der Waals surface area contributed by atoms with Crippen molar-refractivity contribution in [3.8, 4) is 0 Å². The maximum atomic E-state index is 14.1. The van der Waals surface area contributed by atoms with Gasteiger partial charge in [-0.15, -0.1) is 0 Å². The molecule has 2 fully saturated rings. The van der Waals surface area contributed by atoms with Crippen LogP contribution in [0, 0.1) is 11.2 Å². The lowest BCUT2D eigenvalue weighted by Crippen LogP contribution is -2.42. The summed E-state index contributed by atoms with van der Waals surface area (Å²) in [6.45, 7) is 2.79. The lowest BCUT2D eigenvalue weighted by Gasteiger charge is -2.38. The SMILES string of the molecule is CN=C(NCc1ccc(N(C)C)c(F)c1)N1CCC2(CCC2)C1. The largest absolute Gasteiger partial charge is 0.375 e. The average Bonchev–Trinajstić information content (AvgIpc) is 2.93. The van der Waals surface area contributed by atoms with Gasteiger partial charge in [-0.1, -0.05) is 12.5 Å². The van der Waals surface area contributed by atoms with E-state index in [-0.39, 0.29) is 5.82 Å². The molecule has 3 rings (SSSR count). The highest BCUT2D eigenvalue weighted by Gasteiger charge is 2.43. The van der Waals surface area contributed by atoms with Gasteiger partial charge < -0.3 is 15.1 Å². The number of benzene rings is 1. The highest BCUT2D eigenvalue weighted by molar-refractivity contribution is 5.80. The Morgan fingerprint density at radius 2 is 2.13 bits per heavy atom. The summed E-state index contributed by atoms with van der Waals surface area (Å²) < 4.78 is 14.1. The number of guanidine groups is 1. The Labute approximate surface area is 138 Å². The number of nitrogens with zero attached hydrogens (tertiary/aromatic N) is 3. The van der Waals surface area contributed by atoms with Crippen molar-refractivity contribution >= 4 is 11.6 Å². The van der Waals surface area contributed by atoms with E-state index in [0.29, 0.717) is 17.6 Å². The molecule has 1 saturated heterocycles. The fourth-order valence-corrected chi connectivity index (χ4v) is 3.74. The normalized spacial score (nSPS) is 19.8. The van der Waals surface area contributed by atoms with Gasteiger partial charge in [0.1, 0.15) is 5.82 Å². The van der Waals surface area contributed by atoms with Crippen molar-refractivity contribution in [2.45, 2.75) is 32.2 Å². The molecule has 4 nitrogen and oxygen atoms in total. The second-order valence-electron chi connectivity index (χ2n) is 7.11. The number of rotatable bonds is 3. The molecule has 0 radical (unpaired) electrons. The topological polar surface area (TPSA) is 30.9 Å². The van der Waals surface area contributed by atoms with Gasteiger partial charge in [0.05, 0.1) is 5.69 Å². The van der Waals surface area contributed by atoms with Crippen molar-refractivity contribution in [1.29, 1.82) is 0 Å². The highest BCUT2D eigenvalue weighted by Crippen LogP contribution is 2.47. The smallest absolute Gasteiger partial charge is 0.193 e. The van der Waals surface area contributed by atoms with Crippen molar-refractivity contribution in [3.63, 3.8) is 0 Å². The van der Waals surface area contributed by atoms with E-state index in [1.807, 2.05) is 33.3 Å².